The van der Waals surface area contributed by atoms with Crippen LogP contribution in [0.3, 0.4) is 0 Å². The van der Waals surface area contributed by atoms with Gasteiger partial charge in [-0.25, -0.2) is 0 Å². The third kappa shape index (κ3) is 3.85. The molecule has 1 fully saturated rings. The summed E-state index contributed by atoms with van der Waals surface area (Å²) in [6.45, 7) is 4.77. The number of benzene rings is 2. The summed E-state index contributed by atoms with van der Waals surface area (Å²) in [6.07, 6.45) is -0.387. The van der Waals surface area contributed by atoms with E-state index in [1.165, 1.54) is 0 Å². The van der Waals surface area contributed by atoms with Crippen LogP contribution in [0, 0.1) is 0 Å². The van der Waals surface area contributed by atoms with Gasteiger partial charge in [0.15, 0.2) is 6.10 Å². The third-order valence-corrected chi connectivity index (χ3v) is 7.63. The summed E-state index contributed by atoms with van der Waals surface area (Å²) in [7, 11) is -3.30. The van der Waals surface area contributed by atoms with Crippen LogP contribution in [-0.2, 0) is 25.0 Å². The van der Waals surface area contributed by atoms with Gasteiger partial charge in [-0.2, -0.15) is 0 Å². The van der Waals surface area contributed by atoms with Gasteiger partial charge in [0.05, 0.1) is 25.4 Å². The number of fused-ring (bicyclic) bond motifs is 2. The molecule has 7 heteroatoms. The van der Waals surface area contributed by atoms with Crippen LogP contribution in [0.15, 0.2) is 54.6 Å². The van der Waals surface area contributed by atoms with E-state index in [-0.39, 0.29) is 24.0 Å². The number of hydrogen-bond donors (Lipinski definition) is 0. The molecule has 0 spiro atoms. The highest BCUT2D eigenvalue weighted by molar-refractivity contribution is 7.53. The van der Waals surface area contributed by atoms with Gasteiger partial charge in [-0.15, -0.1) is 0 Å². The average molecular weight is 415 g/mol. The number of amides is 1. The van der Waals surface area contributed by atoms with Crippen molar-refractivity contribution in [1.82, 2.24) is 4.90 Å². The van der Waals surface area contributed by atoms with Crippen molar-refractivity contribution >= 4 is 13.5 Å². The van der Waals surface area contributed by atoms with Gasteiger partial charge in [0.2, 0.25) is 0 Å². The van der Waals surface area contributed by atoms with Crippen molar-refractivity contribution in [2.75, 3.05) is 19.4 Å². The highest BCUT2D eigenvalue weighted by Crippen LogP contribution is 2.55. The van der Waals surface area contributed by atoms with Gasteiger partial charge in [-0.05, 0) is 37.1 Å². The SMILES string of the molecule is CCOP(=O)(C[C@@H]1c2ccccc2CN2C(=O)[C@@H](Oc3ccccc3)[C@@H]12)OCC. The number of carbonyl (C=O) groups is 1. The summed E-state index contributed by atoms with van der Waals surface area (Å²) < 4.78 is 30.5. The van der Waals surface area contributed by atoms with Gasteiger partial charge in [-0.1, -0.05) is 42.5 Å². The van der Waals surface area contributed by atoms with Crippen LogP contribution in [0.5, 0.6) is 5.75 Å². The van der Waals surface area contributed by atoms with E-state index < -0.39 is 13.7 Å². The Morgan fingerprint density at radius 3 is 2.34 bits per heavy atom. The Morgan fingerprint density at radius 2 is 1.66 bits per heavy atom. The fourth-order valence-electron chi connectivity index (χ4n) is 4.31. The van der Waals surface area contributed by atoms with E-state index in [1.54, 1.807) is 13.8 Å². The van der Waals surface area contributed by atoms with E-state index >= 15 is 0 Å². The smallest absolute Gasteiger partial charge is 0.331 e. The van der Waals surface area contributed by atoms with E-state index in [0.29, 0.717) is 25.5 Å². The first-order valence-corrected chi connectivity index (χ1v) is 11.8. The van der Waals surface area contributed by atoms with Gasteiger partial charge in [-0.3, -0.25) is 9.36 Å². The van der Waals surface area contributed by atoms with Crippen molar-refractivity contribution in [1.29, 1.82) is 0 Å². The highest BCUT2D eigenvalue weighted by Gasteiger charge is 2.57. The summed E-state index contributed by atoms with van der Waals surface area (Å²) in [5, 5.41) is 0. The first-order chi connectivity index (χ1) is 14.1. The number of rotatable bonds is 8. The Labute approximate surface area is 171 Å². The quantitative estimate of drug-likeness (QED) is 0.477. The topological polar surface area (TPSA) is 65.1 Å². The van der Waals surface area contributed by atoms with Crippen molar-refractivity contribution in [3.8, 4) is 5.75 Å². The molecule has 29 heavy (non-hydrogen) atoms. The van der Waals surface area contributed by atoms with Crippen LogP contribution in [0.25, 0.3) is 0 Å². The molecule has 6 nitrogen and oxygen atoms in total. The number of β-lactam (4-membered cyclic amide) rings is 1. The molecule has 2 heterocycles. The molecule has 2 aliphatic rings. The highest BCUT2D eigenvalue weighted by atomic mass is 31.2. The van der Waals surface area contributed by atoms with Crippen molar-refractivity contribution in [2.24, 2.45) is 0 Å². The Balaban J connectivity index is 1.67. The molecule has 2 aromatic carbocycles. The maximum Gasteiger partial charge on any atom is 0.331 e. The van der Waals surface area contributed by atoms with E-state index in [2.05, 4.69) is 0 Å². The monoisotopic (exact) mass is 415 g/mol. The number of nitrogens with zero attached hydrogens (tertiary/aromatic N) is 1. The molecule has 0 aliphatic carbocycles. The molecule has 1 amide bonds. The number of para-hydroxylation sites is 1. The van der Waals surface area contributed by atoms with Crippen LogP contribution < -0.4 is 4.74 Å². The van der Waals surface area contributed by atoms with E-state index in [0.717, 1.165) is 11.1 Å². The Bertz CT molecular complexity index is 908. The van der Waals surface area contributed by atoms with Gasteiger partial charge in [0.1, 0.15) is 5.75 Å². The van der Waals surface area contributed by atoms with Gasteiger partial charge < -0.3 is 18.7 Å². The summed E-state index contributed by atoms with van der Waals surface area (Å²) in [5.41, 5.74) is 2.15. The molecular weight excluding hydrogens is 389 g/mol. The van der Waals surface area contributed by atoms with E-state index in [4.69, 9.17) is 13.8 Å². The molecule has 4 rings (SSSR count). The summed E-state index contributed by atoms with van der Waals surface area (Å²) in [4.78, 5) is 14.7. The second-order valence-corrected chi connectivity index (χ2v) is 9.35. The van der Waals surface area contributed by atoms with Crippen LogP contribution in [-0.4, -0.2) is 42.3 Å². The summed E-state index contributed by atoms with van der Waals surface area (Å²) >= 11 is 0. The minimum atomic E-state index is -3.30. The largest absolute Gasteiger partial charge is 0.478 e. The number of ether oxygens (including phenoxy) is 1. The third-order valence-electron chi connectivity index (χ3n) is 5.48. The van der Waals surface area contributed by atoms with E-state index in [1.807, 2.05) is 59.5 Å². The standard InChI is InChI=1S/C22H26NO5P/c1-3-26-29(25,27-4-2)15-19-18-13-9-8-10-16(18)14-23-20(19)21(22(23)24)28-17-11-6-5-7-12-17/h5-13,19-21H,3-4,14-15H2,1-2H3/t19-,20-,21+/m1/s1. The fourth-order valence-corrected chi connectivity index (χ4v) is 6.27. The molecule has 0 unspecified atom stereocenters. The maximum absolute atomic E-state index is 13.3. The zero-order chi connectivity index (χ0) is 20.4. The van der Waals surface area contributed by atoms with E-state index in [9.17, 15) is 9.36 Å². The Hall–Kier alpha value is -2.14. The lowest BCUT2D eigenvalue weighted by Gasteiger charge is -2.53. The van der Waals surface area contributed by atoms with Crippen molar-refractivity contribution in [2.45, 2.75) is 38.5 Å². The molecule has 0 radical (unpaired) electrons. The molecule has 0 N–H and O–H groups in total. The van der Waals surface area contributed by atoms with Gasteiger partial charge in [0.25, 0.3) is 5.91 Å². The van der Waals surface area contributed by atoms with Crippen LogP contribution >= 0.6 is 7.60 Å². The second kappa shape index (κ2) is 8.31. The number of hydrogen-bond acceptors (Lipinski definition) is 5. The number of carbonyl (C=O) groups excluding carboxylic acids is 1. The second-order valence-electron chi connectivity index (χ2n) is 7.24. The molecule has 0 saturated carbocycles. The van der Waals surface area contributed by atoms with Crippen LogP contribution in [0.2, 0.25) is 0 Å². The fraction of sp³-hybridized carbons (Fsp3) is 0.409. The molecule has 2 aliphatic heterocycles. The summed E-state index contributed by atoms with van der Waals surface area (Å²) in [5.74, 6) is 0.428. The molecule has 2 aromatic rings. The molecule has 0 aromatic heterocycles. The minimum Gasteiger partial charge on any atom is -0.478 e. The Morgan fingerprint density at radius 1 is 1.00 bits per heavy atom. The maximum atomic E-state index is 13.3. The van der Waals surface area contributed by atoms with Crippen LogP contribution in [0.1, 0.15) is 30.9 Å². The first kappa shape index (κ1) is 20.1. The lowest BCUT2D eigenvalue weighted by molar-refractivity contribution is -0.167. The molecule has 3 atom stereocenters. The first-order valence-electron chi connectivity index (χ1n) is 10.0. The average Bonchev–Trinajstić information content (AvgIpc) is 2.73. The van der Waals surface area contributed by atoms with Crippen molar-refractivity contribution in [3.63, 3.8) is 0 Å². The zero-order valence-corrected chi connectivity index (χ0v) is 17.6. The van der Waals surface area contributed by atoms with Crippen molar-refractivity contribution < 1.29 is 23.1 Å². The normalized spacial score (nSPS) is 23.2. The zero-order valence-electron chi connectivity index (χ0n) is 16.7. The van der Waals surface area contributed by atoms with Crippen molar-refractivity contribution in [3.05, 3.63) is 65.7 Å². The lowest BCUT2D eigenvalue weighted by Crippen LogP contribution is -2.70. The molecular formula is C22H26NO5P. The Kier molecular flexibility index (Phi) is 5.77. The van der Waals surface area contributed by atoms with Gasteiger partial charge >= 0.3 is 7.60 Å². The predicted molar refractivity (Wildman–Crippen MR) is 110 cm³/mol. The molecule has 154 valence electrons. The lowest BCUT2D eigenvalue weighted by atomic mass is 9.76. The van der Waals surface area contributed by atoms with Gasteiger partial charge in [0, 0.05) is 12.5 Å². The predicted octanol–water partition coefficient (Wildman–Crippen LogP) is 4.21. The molecule has 0 bridgehead atoms. The van der Waals surface area contributed by atoms with Crippen LogP contribution in [0.4, 0.5) is 0 Å². The minimum absolute atomic E-state index is 0.0407. The summed E-state index contributed by atoms with van der Waals surface area (Å²) in [6, 6.07) is 17.1. The molecule has 1 saturated heterocycles.